The topological polar surface area (TPSA) is 55.0 Å². The van der Waals surface area contributed by atoms with Crippen molar-refractivity contribution in [3.63, 3.8) is 0 Å². The standard InChI is InChI=1S/C10H15FN4S/c1-16-8-3-5-15(6-7(8)11)10-13-4-2-9(12)14-10/h2,4,7-8H,3,5-6H2,1H3,(H2,12,13,14). The van der Waals surface area contributed by atoms with E-state index >= 15 is 0 Å². The minimum absolute atomic E-state index is 0.0947. The zero-order valence-electron chi connectivity index (χ0n) is 9.14. The number of nitrogen functional groups attached to an aromatic ring is 1. The quantitative estimate of drug-likeness (QED) is 0.848. The van der Waals surface area contributed by atoms with Gasteiger partial charge in [-0.2, -0.15) is 16.7 Å². The fraction of sp³-hybridized carbons (Fsp3) is 0.600. The van der Waals surface area contributed by atoms with E-state index in [4.69, 9.17) is 5.73 Å². The number of nitrogens with two attached hydrogens (primary N) is 1. The summed E-state index contributed by atoms with van der Waals surface area (Å²) in [7, 11) is 0. The highest BCUT2D eigenvalue weighted by molar-refractivity contribution is 7.99. The monoisotopic (exact) mass is 242 g/mol. The Balaban J connectivity index is 2.07. The van der Waals surface area contributed by atoms with Crippen LogP contribution in [0, 0.1) is 0 Å². The van der Waals surface area contributed by atoms with Crippen LogP contribution in [0.15, 0.2) is 12.3 Å². The number of hydrogen-bond acceptors (Lipinski definition) is 5. The van der Waals surface area contributed by atoms with Crippen molar-refractivity contribution >= 4 is 23.5 Å². The molecule has 88 valence electrons. The van der Waals surface area contributed by atoms with Gasteiger partial charge < -0.3 is 10.6 Å². The van der Waals surface area contributed by atoms with Gasteiger partial charge in [-0.25, -0.2) is 9.37 Å². The van der Waals surface area contributed by atoms with E-state index in [2.05, 4.69) is 9.97 Å². The van der Waals surface area contributed by atoms with Crippen LogP contribution in [0.25, 0.3) is 0 Å². The van der Waals surface area contributed by atoms with E-state index in [1.54, 1.807) is 24.0 Å². The highest BCUT2D eigenvalue weighted by Crippen LogP contribution is 2.25. The average Bonchev–Trinajstić information content (AvgIpc) is 2.29. The predicted octanol–water partition coefficient (Wildman–Crippen LogP) is 1.34. The molecule has 1 saturated heterocycles. The lowest BCUT2D eigenvalue weighted by atomic mass is 10.1. The van der Waals surface area contributed by atoms with Gasteiger partial charge in [0.05, 0.1) is 6.54 Å². The largest absolute Gasteiger partial charge is 0.384 e. The van der Waals surface area contributed by atoms with Gasteiger partial charge in [-0.3, -0.25) is 0 Å². The zero-order valence-corrected chi connectivity index (χ0v) is 9.95. The molecule has 0 aliphatic carbocycles. The molecule has 2 unspecified atom stereocenters. The predicted molar refractivity (Wildman–Crippen MR) is 65.5 cm³/mol. The molecule has 0 radical (unpaired) electrons. The molecule has 2 heterocycles. The first-order chi connectivity index (χ1) is 7.70. The summed E-state index contributed by atoms with van der Waals surface area (Å²) in [5, 5.41) is 0.0947. The van der Waals surface area contributed by atoms with Crippen LogP contribution in [0.4, 0.5) is 16.2 Å². The summed E-state index contributed by atoms with van der Waals surface area (Å²) in [5.74, 6) is 0.953. The van der Waals surface area contributed by atoms with E-state index in [9.17, 15) is 4.39 Å². The number of hydrogen-bond donors (Lipinski definition) is 1. The van der Waals surface area contributed by atoms with Crippen LogP contribution < -0.4 is 10.6 Å². The van der Waals surface area contributed by atoms with Crippen molar-refractivity contribution in [2.75, 3.05) is 30.0 Å². The maximum Gasteiger partial charge on any atom is 0.227 e. The molecule has 2 atom stereocenters. The number of aromatic nitrogens is 2. The smallest absolute Gasteiger partial charge is 0.227 e. The van der Waals surface area contributed by atoms with E-state index in [-0.39, 0.29) is 5.25 Å². The van der Waals surface area contributed by atoms with Gasteiger partial charge in [0.25, 0.3) is 0 Å². The van der Waals surface area contributed by atoms with E-state index in [1.165, 1.54) is 0 Å². The maximum atomic E-state index is 13.7. The van der Waals surface area contributed by atoms with Crippen molar-refractivity contribution in [1.29, 1.82) is 0 Å². The Morgan fingerprint density at radius 3 is 3.06 bits per heavy atom. The molecule has 1 fully saturated rings. The molecule has 2 N–H and O–H groups in total. The normalized spacial score (nSPS) is 25.8. The maximum absolute atomic E-state index is 13.7. The molecule has 16 heavy (non-hydrogen) atoms. The van der Waals surface area contributed by atoms with Gasteiger partial charge in [0.2, 0.25) is 5.95 Å². The second-order valence-electron chi connectivity index (χ2n) is 3.81. The Morgan fingerprint density at radius 2 is 2.44 bits per heavy atom. The van der Waals surface area contributed by atoms with Crippen molar-refractivity contribution in [1.82, 2.24) is 9.97 Å². The number of nitrogens with zero attached hydrogens (tertiary/aromatic N) is 3. The third-order valence-electron chi connectivity index (χ3n) is 2.73. The first-order valence-electron chi connectivity index (χ1n) is 5.21. The third kappa shape index (κ3) is 2.37. The summed E-state index contributed by atoms with van der Waals surface area (Å²) in [6.45, 7) is 1.14. The molecular formula is C10H15FN4S. The van der Waals surface area contributed by atoms with Crippen LogP contribution in [0.2, 0.25) is 0 Å². The van der Waals surface area contributed by atoms with Crippen LogP contribution in [-0.2, 0) is 0 Å². The number of anilines is 2. The highest BCUT2D eigenvalue weighted by Gasteiger charge is 2.29. The Kier molecular flexibility index (Phi) is 3.48. The van der Waals surface area contributed by atoms with E-state index in [1.807, 2.05) is 11.2 Å². The first-order valence-corrected chi connectivity index (χ1v) is 6.50. The molecule has 4 nitrogen and oxygen atoms in total. The molecular weight excluding hydrogens is 227 g/mol. The summed E-state index contributed by atoms with van der Waals surface area (Å²) in [5.41, 5.74) is 5.58. The fourth-order valence-corrected chi connectivity index (χ4v) is 2.57. The van der Waals surface area contributed by atoms with Gasteiger partial charge in [-0.15, -0.1) is 0 Å². The Hall–Kier alpha value is -1.04. The van der Waals surface area contributed by atoms with Gasteiger partial charge in [0.15, 0.2) is 0 Å². The van der Waals surface area contributed by atoms with Crippen molar-refractivity contribution in [2.45, 2.75) is 17.8 Å². The molecule has 1 aliphatic rings. The average molecular weight is 242 g/mol. The number of piperidine rings is 1. The minimum Gasteiger partial charge on any atom is -0.384 e. The molecule has 1 aromatic rings. The van der Waals surface area contributed by atoms with Crippen molar-refractivity contribution < 1.29 is 4.39 Å². The van der Waals surface area contributed by atoms with Crippen molar-refractivity contribution in [3.05, 3.63) is 12.3 Å². The number of rotatable bonds is 2. The number of halogens is 1. The molecule has 0 saturated carbocycles. The molecule has 0 amide bonds. The second kappa shape index (κ2) is 4.86. The molecule has 0 spiro atoms. The molecule has 1 aromatic heterocycles. The summed E-state index contributed by atoms with van der Waals surface area (Å²) in [4.78, 5) is 10.1. The van der Waals surface area contributed by atoms with Gasteiger partial charge >= 0.3 is 0 Å². The SMILES string of the molecule is CSC1CCN(c2nccc(N)n2)CC1F. The van der Waals surface area contributed by atoms with Crippen LogP contribution >= 0.6 is 11.8 Å². The summed E-state index contributed by atoms with van der Waals surface area (Å²) >= 11 is 1.59. The highest BCUT2D eigenvalue weighted by atomic mass is 32.2. The van der Waals surface area contributed by atoms with Gasteiger partial charge in [-0.1, -0.05) is 0 Å². The number of thioether (sulfide) groups is 1. The first kappa shape index (κ1) is 11.4. The van der Waals surface area contributed by atoms with E-state index in [0.717, 1.165) is 13.0 Å². The van der Waals surface area contributed by atoms with Crippen LogP contribution in [0.1, 0.15) is 6.42 Å². The molecule has 0 aromatic carbocycles. The summed E-state index contributed by atoms with van der Waals surface area (Å²) in [6.07, 6.45) is 3.55. The Labute approximate surface area is 98.4 Å². The van der Waals surface area contributed by atoms with E-state index in [0.29, 0.717) is 18.3 Å². The van der Waals surface area contributed by atoms with E-state index < -0.39 is 6.17 Å². The Morgan fingerprint density at radius 1 is 1.62 bits per heavy atom. The molecule has 6 heteroatoms. The third-order valence-corrected chi connectivity index (χ3v) is 3.87. The molecule has 0 bridgehead atoms. The second-order valence-corrected chi connectivity index (χ2v) is 4.88. The lowest BCUT2D eigenvalue weighted by Crippen LogP contribution is -2.44. The lowest BCUT2D eigenvalue weighted by Gasteiger charge is -2.33. The van der Waals surface area contributed by atoms with Crippen molar-refractivity contribution in [2.24, 2.45) is 0 Å². The van der Waals surface area contributed by atoms with Crippen LogP contribution in [0.5, 0.6) is 0 Å². The Bertz CT molecular complexity index is 362. The molecule has 2 rings (SSSR count). The minimum atomic E-state index is -0.825. The zero-order chi connectivity index (χ0) is 11.5. The van der Waals surface area contributed by atoms with Crippen LogP contribution in [0.3, 0.4) is 0 Å². The molecule has 1 aliphatic heterocycles. The van der Waals surface area contributed by atoms with Gasteiger partial charge in [-0.05, 0) is 18.7 Å². The lowest BCUT2D eigenvalue weighted by molar-refractivity contribution is 0.294. The number of alkyl halides is 1. The summed E-state index contributed by atoms with van der Waals surface area (Å²) < 4.78 is 13.7. The van der Waals surface area contributed by atoms with Gasteiger partial charge in [0, 0.05) is 18.0 Å². The van der Waals surface area contributed by atoms with Gasteiger partial charge in [0.1, 0.15) is 12.0 Å². The van der Waals surface area contributed by atoms with Crippen LogP contribution in [-0.4, -0.2) is 40.7 Å². The van der Waals surface area contributed by atoms with Crippen molar-refractivity contribution in [3.8, 4) is 0 Å². The summed E-state index contributed by atoms with van der Waals surface area (Å²) in [6, 6.07) is 1.63. The fourth-order valence-electron chi connectivity index (χ4n) is 1.84.